The Bertz CT molecular complexity index is 939. The van der Waals surface area contributed by atoms with Gasteiger partial charge in [0.05, 0.1) is 23.1 Å². The fourth-order valence-corrected chi connectivity index (χ4v) is 3.53. The van der Waals surface area contributed by atoms with Gasteiger partial charge < -0.3 is 15.4 Å². The fourth-order valence-electron chi connectivity index (χ4n) is 3.53. The number of imidazole rings is 1. The Morgan fingerprint density at radius 3 is 2.48 bits per heavy atom. The SMILES string of the molecule is O=C(NC1CCC(C(=O)O)CC1)c1ccc(-c2nc3ccncc3[nH]2)cc1. The number of carboxylic acids is 1. The normalized spacial score (nSPS) is 19.7. The molecule has 1 aliphatic rings. The number of nitrogens with zero attached hydrogens (tertiary/aromatic N) is 2. The van der Waals surface area contributed by atoms with Crippen LogP contribution in [0.5, 0.6) is 0 Å². The number of pyridine rings is 1. The summed E-state index contributed by atoms with van der Waals surface area (Å²) in [6.07, 6.45) is 6.05. The van der Waals surface area contributed by atoms with Crippen molar-refractivity contribution in [3.63, 3.8) is 0 Å². The second-order valence-electron chi connectivity index (χ2n) is 6.92. The molecule has 0 aliphatic heterocycles. The molecule has 3 aromatic rings. The van der Waals surface area contributed by atoms with E-state index in [2.05, 4.69) is 20.3 Å². The van der Waals surface area contributed by atoms with E-state index >= 15 is 0 Å². The highest BCUT2D eigenvalue weighted by atomic mass is 16.4. The molecule has 0 spiro atoms. The van der Waals surface area contributed by atoms with Gasteiger partial charge in [0.15, 0.2) is 0 Å². The van der Waals surface area contributed by atoms with E-state index in [-0.39, 0.29) is 17.9 Å². The summed E-state index contributed by atoms with van der Waals surface area (Å²) in [4.78, 5) is 35.3. The van der Waals surface area contributed by atoms with Gasteiger partial charge in [-0.05, 0) is 43.9 Å². The van der Waals surface area contributed by atoms with Crippen molar-refractivity contribution in [1.82, 2.24) is 20.3 Å². The number of nitrogens with one attached hydrogen (secondary N) is 2. The highest BCUT2D eigenvalue weighted by Crippen LogP contribution is 2.25. The molecule has 1 amide bonds. The summed E-state index contributed by atoms with van der Waals surface area (Å²) in [5, 5.41) is 12.1. The van der Waals surface area contributed by atoms with Gasteiger partial charge in [-0.1, -0.05) is 12.1 Å². The first-order valence-corrected chi connectivity index (χ1v) is 9.04. The van der Waals surface area contributed by atoms with E-state index in [0.717, 1.165) is 22.4 Å². The zero-order valence-electron chi connectivity index (χ0n) is 14.7. The van der Waals surface area contributed by atoms with Gasteiger partial charge >= 0.3 is 5.97 Å². The Hall–Kier alpha value is -3.22. The van der Waals surface area contributed by atoms with Crippen molar-refractivity contribution in [2.45, 2.75) is 31.7 Å². The number of amides is 1. The maximum Gasteiger partial charge on any atom is 0.306 e. The molecule has 1 aromatic carbocycles. The quantitative estimate of drug-likeness (QED) is 0.659. The summed E-state index contributed by atoms with van der Waals surface area (Å²) in [6.45, 7) is 0. The number of aliphatic carboxylic acids is 1. The Morgan fingerprint density at radius 2 is 1.81 bits per heavy atom. The van der Waals surface area contributed by atoms with Gasteiger partial charge in [0, 0.05) is 23.4 Å². The maximum absolute atomic E-state index is 12.5. The van der Waals surface area contributed by atoms with E-state index in [4.69, 9.17) is 5.11 Å². The summed E-state index contributed by atoms with van der Waals surface area (Å²) in [5.74, 6) is -0.417. The largest absolute Gasteiger partial charge is 0.481 e. The number of benzene rings is 1. The number of aromatic nitrogens is 3. The molecule has 2 heterocycles. The van der Waals surface area contributed by atoms with Crippen molar-refractivity contribution < 1.29 is 14.7 Å². The minimum Gasteiger partial charge on any atom is -0.481 e. The average molecular weight is 364 g/mol. The Kier molecular flexibility index (Phi) is 4.58. The van der Waals surface area contributed by atoms with Gasteiger partial charge in [-0.3, -0.25) is 14.6 Å². The lowest BCUT2D eigenvalue weighted by atomic mass is 9.86. The predicted molar refractivity (Wildman–Crippen MR) is 100 cm³/mol. The van der Waals surface area contributed by atoms with Crippen LogP contribution < -0.4 is 5.32 Å². The molecule has 0 radical (unpaired) electrons. The zero-order chi connectivity index (χ0) is 18.8. The van der Waals surface area contributed by atoms with Crippen LogP contribution in [0.4, 0.5) is 0 Å². The van der Waals surface area contributed by atoms with Crippen LogP contribution in [0.3, 0.4) is 0 Å². The minimum atomic E-state index is -0.739. The molecule has 3 N–H and O–H groups in total. The van der Waals surface area contributed by atoms with Crippen molar-refractivity contribution in [1.29, 1.82) is 0 Å². The molecule has 2 aromatic heterocycles. The summed E-state index contributed by atoms with van der Waals surface area (Å²) in [7, 11) is 0. The van der Waals surface area contributed by atoms with E-state index in [1.54, 1.807) is 24.5 Å². The molecule has 4 rings (SSSR count). The Balaban J connectivity index is 1.41. The number of fused-ring (bicyclic) bond motifs is 1. The Labute approximate surface area is 155 Å². The van der Waals surface area contributed by atoms with Crippen molar-refractivity contribution in [2.24, 2.45) is 5.92 Å². The first-order chi connectivity index (χ1) is 13.1. The smallest absolute Gasteiger partial charge is 0.306 e. The third kappa shape index (κ3) is 3.67. The molecule has 1 fully saturated rings. The monoisotopic (exact) mass is 364 g/mol. The topological polar surface area (TPSA) is 108 Å². The maximum atomic E-state index is 12.5. The van der Waals surface area contributed by atoms with E-state index in [9.17, 15) is 9.59 Å². The van der Waals surface area contributed by atoms with Gasteiger partial charge in [-0.25, -0.2) is 4.98 Å². The lowest BCUT2D eigenvalue weighted by molar-refractivity contribution is -0.142. The van der Waals surface area contributed by atoms with E-state index < -0.39 is 5.97 Å². The van der Waals surface area contributed by atoms with Crippen LogP contribution in [-0.2, 0) is 4.79 Å². The fraction of sp³-hybridized carbons (Fsp3) is 0.300. The number of aromatic amines is 1. The molecular weight excluding hydrogens is 344 g/mol. The van der Waals surface area contributed by atoms with Crippen molar-refractivity contribution >= 4 is 22.9 Å². The molecule has 0 unspecified atom stereocenters. The van der Waals surface area contributed by atoms with Crippen LogP contribution >= 0.6 is 0 Å². The molecule has 138 valence electrons. The number of rotatable bonds is 4. The van der Waals surface area contributed by atoms with Crippen molar-refractivity contribution in [3.05, 3.63) is 48.3 Å². The number of hydrogen-bond donors (Lipinski definition) is 3. The molecule has 1 saturated carbocycles. The number of carbonyl (C=O) groups excluding carboxylic acids is 1. The highest BCUT2D eigenvalue weighted by Gasteiger charge is 2.26. The average Bonchev–Trinajstić information content (AvgIpc) is 3.13. The van der Waals surface area contributed by atoms with Crippen LogP contribution in [0.15, 0.2) is 42.7 Å². The minimum absolute atomic E-state index is 0.0376. The molecule has 27 heavy (non-hydrogen) atoms. The molecule has 1 aliphatic carbocycles. The first kappa shape index (κ1) is 17.2. The van der Waals surface area contributed by atoms with Crippen LogP contribution in [-0.4, -0.2) is 38.0 Å². The number of carboxylic acid groups (broad SMARTS) is 1. The van der Waals surface area contributed by atoms with Gasteiger partial charge in [0.2, 0.25) is 0 Å². The molecule has 0 atom stereocenters. The standard InChI is InChI=1S/C20H20N4O3/c25-19(22-15-7-5-14(6-8-15)20(26)27)13-3-1-12(2-4-13)18-23-16-9-10-21-11-17(16)24-18/h1-4,9-11,14-15H,5-8H2,(H,22,25)(H,23,24)(H,26,27). The van der Waals surface area contributed by atoms with Gasteiger partial charge in [-0.2, -0.15) is 0 Å². The molecule has 0 bridgehead atoms. The molecular formula is C20H20N4O3. The zero-order valence-corrected chi connectivity index (χ0v) is 14.7. The van der Waals surface area contributed by atoms with Crippen molar-refractivity contribution in [2.75, 3.05) is 0 Å². The van der Waals surface area contributed by atoms with E-state index in [1.807, 2.05) is 18.2 Å². The van der Waals surface area contributed by atoms with Crippen molar-refractivity contribution in [3.8, 4) is 11.4 Å². The summed E-state index contributed by atoms with van der Waals surface area (Å²) < 4.78 is 0. The molecule has 7 nitrogen and oxygen atoms in total. The van der Waals surface area contributed by atoms with Crippen LogP contribution in [0.2, 0.25) is 0 Å². The second-order valence-corrected chi connectivity index (χ2v) is 6.92. The third-order valence-corrected chi connectivity index (χ3v) is 5.12. The lowest BCUT2D eigenvalue weighted by Gasteiger charge is -2.26. The summed E-state index contributed by atoms with van der Waals surface area (Å²) in [5.41, 5.74) is 3.19. The Morgan fingerprint density at radius 1 is 1.07 bits per heavy atom. The number of H-pyrrole nitrogens is 1. The van der Waals surface area contributed by atoms with Gasteiger partial charge in [0.1, 0.15) is 5.82 Å². The highest BCUT2D eigenvalue weighted by molar-refractivity contribution is 5.95. The van der Waals surface area contributed by atoms with Gasteiger partial charge in [0.25, 0.3) is 5.91 Å². The van der Waals surface area contributed by atoms with Crippen LogP contribution in [0, 0.1) is 5.92 Å². The van der Waals surface area contributed by atoms with E-state index in [1.165, 1.54) is 0 Å². The molecule has 7 heteroatoms. The van der Waals surface area contributed by atoms with E-state index in [0.29, 0.717) is 31.2 Å². The summed E-state index contributed by atoms with van der Waals surface area (Å²) in [6, 6.07) is 9.16. The number of hydrogen-bond acceptors (Lipinski definition) is 4. The predicted octanol–water partition coefficient (Wildman–Crippen LogP) is 3.00. The first-order valence-electron chi connectivity index (χ1n) is 9.04. The van der Waals surface area contributed by atoms with Crippen LogP contribution in [0.1, 0.15) is 36.0 Å². The van der Waals surface area contributed by atoms with Gasteiger partial charge in [-0.15, -0.1) is 0 Å². The third-order valence-electron chi connectivity index (χ3n) is 5.12. The second kappa shape index (κ2) is 7.19. The number of carbonyl (C=O) groups is 2. The lowest BCUT2D eigenvalue weighted by Crippen LogP contribution is -2.38. The summed E-state index contributed by atoms with van der Waals surface area (Å²) >= 11 is 0. The van der Waals surface area contributed by atoms with Crippen LogP contribution in [0.25, 0.3) is 22.4 Å². The molecule has 0 saturated heterocycles.